The quantitative estimate of drug-likeness (QED) is 0.817. The number of hydrogen-bond donors (Lipinski definition) is 1. The minimum Gasteiger partial charge on any atom is -0.356 e. The van der Waals surface area contributed by atoms with Crippen LogP contribution in [-0.2, 0) is 9.59 Å². The van der Waals surface area contributed by atoms with Crippen LogP contribution < -0.4 is 5.32 Å². The van der Waals surface area contributed by atoms with Gasteiger partial charge >= 0.3 is 0 Å². The van der Waals surface area contributed by atoms with Crippen molar-refractivity contribution in [1.29, 1.82) is 0 Å². The molecule has 0 bridgehead atoms. The second-order valence-electron chi connectivity index (χ2n) is 7.20. The Labute approximate surface area is 140 Å². The number of nitrogens with zero attached hydrogens (tertiary/aromatic N) is 1. The molecular weight excluding hydrogens is 288 g/mol. The number of aryl methyl sites for hydroxylation is 1. The first-order chi connectivity index (χ1) is 10.6. The number of rotatable bonds is 6. The van der Waals surface area contributed by atoms with Crippen molar-refractivity contribution in [2.75, 3.05) is 13.6 Å². The first kappa shape index (κ1) is 19.2. The van der Waals surface area contributed by atoms with Crippen LogP contribution in [0.25, 0.3) is 0 Å². The summed E-state index contributed by atoms with van der Waals surface area (Å²) in [5, 5.41) is 2.87. The standard InChI is InChI=1S/C19H30N2O2/c1-14-9-11-16(12-10-14)15(2)21(6)17(22)8-7-13-20-18(23)19(3,4)5/h9-12,15H,7-8,13H2,1-6H3,(H,20,23). The van der Waals surface area contributed by atoms with E-state index in [1.54, 1.807) is 4.90 Å². The van der Waals surface area contributed by atoms with Crippen molar-refractivity contribution in [1.82, 2.24) is 10.2 Å². The molecule has 0 spiro atoms. The van der Waals surface area contributed by atoms with E-state index in [1.807, 2.05) is 34.7 Å². The van der Waals surface area contributed by atoms with E-state index >= 15 is 0 Å². The molecule has 4 heteroatoms. The third-order valence-corrected chi connectivity index (χ3v) is 4.07. The number of carbonyl (C=O) groups excluding carboxylic acids is 2. The van der Waals surface area contributed by atoms with Gasteiger partial charge in [0.25, 0.3) is 0 Å². The van der Waals surface area contributed by atoms with Crippen LogP contribution in [0.2, 0.25) is 0 Å². The molecule has 0 aliphatic carbocycles. The topological polar surface area (TPSA) is 49.4 Å². The van der Waals surface area contributed by atoms with Gasteiger partial charge in [-0.3, -0.25) is 9.59 Å². The van der Waals surface area contributed by atoms with Crippen LogP contribution in [0, 0.1) is 12.3 Å². The van der Waals surface area contributed by atoms with Gasteiger partial charge in [0, 0.05) is 25.4 Å². The van der Waals surface area contributed by atoms with Gasteiger partial charge in [0.1, 0.15) is 0 Å². The van der Waals surface area contributed by atoms with Crippen LogP contribution in [-0.4, -0.2) is 30.3 Å². The number of benzene rings is 1. The lowest BCUT2D eigenvalue weighted by molar-refractivity contribution is -0.132. The Morgan fingerprint density at radius 3 is 2.26 bits per heavy atom. The molecule has 0 radical (unpaired) electrons. The van der Waals surface area contributed by atoms with Crippen LogP contribution in [0.4, 0.5) is 0 Å². The molecule has 0 saturated carbocycles. The molecule has 0 heterocycles. The van der Waals surface area contributed by atoms with Gasteiger partial charge in [0.05, 0.1) is 6.04 Å². The first-order valence-electron chi connectivity index (χ1n) is 8.23. The third-order valence-electron chi connectivity index (χ3n) is 4.07. The van der Waals surface area contributed by atoms with Crippen molar-refractivity contribution in [2.24, 2.45) is 5.41 Å². The molecule has 4 nitrogen and oxygen atoms in total. The molecule has 1 atom stereocenters. The highest BCUT2D eigenvalue weighted by molar-refractivity contribution is 5.81. The summed E-state index contributed by atoms with van der Waals surface area (Å²) in [4.78, 5) is 25.8. The zero-order valence-electron chi connectivity index (χ0n) is 15.3. The molecule has 0 fully saturated rings. The van der Waals surface area contributed by atoms with E-state index < -0.39 is 0 Å². The van der Waals surface area contributed by atoms with Crippen LogP contribution in [0.5, 0.6) is 0 Å². The van der Waals surface area contributed by atoms with E-state index in [1.165, 1.54) is 5.56 Å². The highest BCUT2D eigenvalue weighted by atomic mass is 16.2. The predicted molar refractivity (Wildman–Crippen MR) is 94.1 cm³/mol. The predicted octanol–water partition coefficient (Wildman–Crippen LogP) is 3.46. The minimum absolute atomic E-state index is 0.0197. The van der Waals surface area contributed by atoms with Crippen molar-refractivity contribution in [3.63, 3.8) is 0 Å². The van der Waals surface area contributed by atoms with Crippen LogP contribution in [0.1, 0.15) is 57.7 Å². The van der Waals surface area contributed by atoms with Crippen molar-refractivity contribution < 1.29 is 9.59 Å². The second-order valence-corrected chi connectivity index (χ2v) is 7.20. The maximum atomic E-state index is 12.3. The molecule has 23 heavy (non-hydrogen) atoms. The Morgan fingerprint density at radius 2 is 1.74 bits per heavy atom. The van der Waals surface area contributed by atoms with Gasteiger partial charge in [-0.1, -0.05) is 50.6 Å². The number of hydrogen-bond acceptors (Lipinski definition) is 2. The molecule has 1 N–H and O–H groups in total. The maximum Gasteiger partial charge on any atom is 0.225 e. The fourth-order valence-corrected chi connectivity index (χ4v) is 2.17. The normalized spacial score (nSPS) is 12.6. The lowest BCUT2D eigenvalue weighted by Crippen LogP contribution is -2.36. The van der Waals surface area contributed by atoms with Crippen LogP contribution >= 0.6 is 0 Å². The Hall–Kier alpha value is -1.84. The summed E-state index contributed by atoms with van der Waals surface area (Å²) in [6.07, 6.45) is 1.10. The summed E-state index contributed by atoms with van der Waals surface area (Å²) >= 11 is 0. The number of nitrogens with one attached hydrogen (secondary N) is 1. The van der Waals surface area contributed by atoms with E-state index in [0.29, 0.717) is 19.4 Å². The molecule has 0 aromatic heterocycles. The third kappa shape index (κ3) is 6.05. The summed E-state index contributed by atoms with van der Waals surface area (Å²) in [6, 6.07) is 8.30. The summed E-state index contributed by atoms with van der Waals surface area (Å²) in [5.41, 5.74) is 1.96. The van der Waals surface area contributed by atoms with E-state index in [2.05, 4.69) is 36.5 Å². The molecule has 1 unspecified atom stereocenters. The summed E-state index contributed by atoms with van der Waals surface area (Å²) in [7, 11) is 1.83. The SMILES string of the molecule is Cc1ccc(C(C)N(C)C(=O)CCCNC(=O)C(C)(C)C)cc1. The zero-order valence-corrected chi connectivity index (χ0v) is 15.3. The van der Waals surface area contributed by atoms with Gasteiger partial charge < -0.3 is 10.2 Å². The van der Waals surface area contributed by atoms with E-state index in [4.69, 9.17) is 0 Å². The average Bonchev–Trinajstić information content (AvgIpc) is 2.49. The van der Waals surface area contributed by atoms with Crippen molar-refractivity contribution in [3.05, 3.63) is 35.4 Å². The highest BCUT2D eigenvalue weighted by Crippen LogP contribution is 2.20. The summed E-state index contributed by atoms with van der Waals surface area (Å²) in [6.45, 7) is 10.3. The minimum atomic E-state index is -0.388. The second kappa shape index (κ2) is 8.14. The molecule has 2 amide bonds. The monoisotopic (exact) mass is 318 g/mol. The average molecular weight is 318 g/mol. The Bertz CT molecular complexity index is 529. The van der Waals surface area contributed by atoms with E-state index in [0.717, 1.165) is 5.56 Å². The lowest BCUT2D eigenvalue weighted by Gasteiger charge is -2.25. The number of carbonyl (C=O) groups is 2. The smallest absolute Gasteiger partial charge is 0.225 e. The highest BCUT2D eigenvalue weighted by Gasteiger charge is 2.21. The van der Waals surface area contributed by atoms with Crippen molar-refractivity contribution >= 4 is 11.8 Å². The van der Waals surface area contributed by atoms with Crippen LogP contribution in [0.15, 0.2) is 24.3 Å². The Kier molecular flexibility index (Phi) is 6.79. The van der Waals surface area contributed by atoms with Gasteiger partial charge in [-0.2, -0.15) is 0 Å². The van der Waals surface area contributed by atoms with Crippen molar-refractivity contribution in [2.45, 2.75) is 53.5 Å². The molecular formula is C19H30N2O2. The van der Waals surface area contributed by atoms with Gasteiger partial charge in [-0.15, -0.1) is 0 Å². The van der Waals surface area contributed by atoms with Crippen molar-refractivity contribution in [3.8, 4) is 0 Å². The summed E-state index contributed by atoms with van der Waals surface area (Å²) in [5.74, 6) is 0.120. The Balaban J connectivity index is 2.42. The number of amides is 2. The van der Waals surface area contributed by atoms with Gasteiger partial charge in [-0.25, -0.2) is 0 Å². The van der Waals surface area contributed by atoms with E-state index in [-0.39, 0.29) is 23.3 Å². The molecule has 0 saturated heterocycles. The van der Waals surface area contributed by atoms with Gasteiger partial charge in [0.2, 0.25) is 11.8 Å². The Morgan fingerprint density at radius 1 is 1.17 bits per heavy atom. The molecule has 1 rings (SSSR count). The molecule has 0 aliphatic rings. The molecule has 128 valence electrons. The maximum absolute atomic E-state index is 12.3. The first-order valence-corrected chi connectivity index (χ1v) is 8.23. The van der Waals surface area contributed by atoms with Gasteiger partial charge in [-0.05, 0) is 25.8 Å². The molecule has 1 aromatic carbocycles. The zero-order chi connectivity index (χ0) is 17.6. The fraction of sp³-hybridized carbons (Fsp3) is 0.579. The fourth-order valence-electron chi connectivity index (χ4n) is 2.17. The molecule has 0 aliphatic heterocycles. The van der Waals surface area contributed by atoms with Gasteiger partial charge in [0.15, 0.2) is 0 Å². The molecule has 1 aromatic rings. The van der Waals surface area contributed by atoms with Crippen LogP contribution in [0.3, 0.4) is 0 Å². The largest absolute Gasteiger partial charge is 0.356 e. The van der Waals surface area contributed by atoms with E-state index in [9.17, 15) is 9.59 Å². The lowest BCUT2D eigenvalue weighted by atomic mass is 9.96. The summed E-state index contributed by atoms with van der Waals surface area (Å²) < 4.78 is 0.